The van der Waals surface area contributed by atoms with E-state index in [1.807, 2.05) is 24.3 Å². The van der Waals surface area contributed by atoms with E-state index in [1.54, 1.807) is 18.2 Å². The normalized spacial score (nSPS) is 9.56. The summed E-state index contributed by atoms with van der Waals surface area (Å²) in [4.78, 5) is 0. The third kappa shape index (κ3) is 2.98. The predicted octanol–water partition coefficient (Wildman–Crippen LogP) is 3.55. The SMILES string of the molecule is N#CCNc1ccc(Oc2ccccc2)c(F)c1. The van der Waals surface area contributed by atoms with Crippen molar-refractivity contribution in [2.75, 3.05) is 11.9 Å². The third-order valence-electron chi connectivity index (χ3n) is 2.27. The molecule has 0 radical (unpaired) electrons. The van der Waals surface area contributed by atoms with Gasteiger partial charge in [-0.05, 0) is 24.3 Å². The molecule has 0 aromatic heterocycles. The Morgan fingerprint density at radius 1 is 1.17 bits per heavy atom. The van der Waals surface area contributed by atoms with E-state index in [0.717, 1.165) is 0 Å². The number of rotatable bonds is 4. The maximum atomic E-state index is 13.7. The Bertz CT molecular complexity index is 564. The van der Waals surface area contributed by atoms with Crippen LogP contribution in [0.5, 0.6) is 11.5 Å². The highest BCUT2D eigenvalue weighted by molar-refractivity contribution is 5.48. The molecule has 0 aliphatic heterocycles. The van der Waals surface area contributed by atoms with Crippen LogP contribution in [0.3, 0.4) is 0 Å². The molecule has 2 aromatic carbocycles. The van der Waals surface area contributed by atoms with Crippen LogP contribution in [0.2, 0.25) is 0 Å². The van der Waals surface area contributed by atoms with Gasteiger partial charge in [-0.15, -0.1) is 0 Å². The number of ether oxygens (including phenoxy) is 1. The van der Waals surface area contributed by atoms with Crippen molar-refractivity contribution in [2.45, 2.75) is 0 Å². The minimum absolute atomic E-state index is 0.137. The molecular formula is C14H11FN2O. The zero-order valence-electron chi connectivity index (χ0n) is 9.56. The van der Waals surface area contributed by atoms with Crippen LogP contribution in [-0.2, 0) is 0 Å². The lowest BCUT2D eigenvalue weighted by Gasteiger charge is -2.08. The fourth-order valence-electron chi connectivity index (χ4n) is 1.45. The maximum Gasteiger partial charge on any atom is 0.167 e. The van der Waals surface area contributed by atoms with Gasteiger partial charge in [-0.3, -0.25) is 0 Å². The minimum atomic E-state index is -0.471. The lowest BCUT2D eigenvalue weighted by Crippen LogP contribution is -1.99. The van der Waals surface area contributed by atoms with Gasteiger partial charge in [0.1, 0.15) is 12.3 Å². The number of hydrogen-bond donors (Lipinski definition) is 1. The summed E-state index contributed by atoms with van der Waals surface area (Å²) < 4.78 is 19.1. The summed E-state index contributed by atoms with van der Waals surface area (Å²) in [6.45, 7) is 0.137. The summed E-state index contributed by atoms with van der Waals surface area (Å²) in [5, 5.41) is 11.2. The van der Waals surface area contributed by atoms with E-state index in [2.05, 4.69) is 5.32 Å². The van der Waals surface area contributed by atoms with E-state index in [0.29, 0.717) is 11.4 Å². The van der Waals surface area contributed by atoms with Crippen molar-refractivity contribution in [3.8, 4) is 17.6 Å². The Kier molecular flexibility index (Phi) is 3.77. The van der Waals surface area contributed by atoms with Gasteiger partial charge in [-0.2, -0.15) is 5.26 Å². The molecule has 0 fully saturated rings. The molecule has 0 aliphatic carbocycles. The van der Waals surface area contributed by atoms with Crippen LogP contribution in [0.15, 0.2) is 48.5 Å². The average molecular weight is 242 g/mol. The average Bonchev–Trinajstić information content (AvgIpc) is 2.40. The number of para-hydroxylation sites is 1. The molecule has 3 nitrogen and oxygen atoms in total. The van der Waals surface area contributed by atoms with Crippen LogP contribution >= 0.6 is 0 Å². The minimum Gasteiger partial charge on any atom is -0.454 e. The topological polar surface area (TPSA) is 45.0 Å². The number of benzene rings is 2. The molecule has 0 heterocycles. The second-order valence-corrected chi connectivity index (χ2v) is 3.57. The molecule has 2 aromatic rings. The Labute approximate surface area is 104 Å². The van der Waals surface area contributed by atoms with Gasteiger partial charge in [-0.25, -0.2) is 4.39 Å². The molecule has 0 saturated carbocycles. The highest BCUT2D eigenvalue weighted by Gasteiger charge is 2.05. The van der Waals surface area contributed by atoms with E-state index in [-0.39, 0.29) is 12.3 Å². The van der Waals surface area contributed by atoms with Gasteiger partial charge >= 0.3 is 0 Å². The third-order valence-corrected chi connectivity index (χ3v) is 2.27. The Balaban J connectivity index is 2.13. The van der Waals surface area contributed by atoms with Crippen molar-refractivity contribution in [1.82, 2.24) is 0 Å². The van der Waals surface area contributed by atoms with Gasteiger partial charge < -0.3 is 10.1 Å². The molecule has 4 heteroatoms. The fraction of sp³-hybridized carbons (Fsp3) is 0.0714. The monoisotopic (exact) mass is 242 g/mol. The summed E-state index contributed by atoms with van der Waals surface area (Å²) in [5.41, 5.74) is 0.550. The number of nitrogens with zero attached hydrogens (tertiary/aromatic N) is 1. The van der Waals surface area contributed by atoms with Crippen molar-refractivity contribution < 1.29 is 9.13 Å². The van der Waals surface area contributed by atoms with Crippen LogP contribution < -0.4 is 10.1 Å². The molecule has 0 unspecified atom stereocenters. The molecule has 0 amide bonds. The first-order valence-electron chi connectivity index (χ1n) is 5.43. The first-order valence-corrected chi connectivity index (χ1v) is 5.43. The van der Waals surface area contributed by atoms with E-state index >= 15 is 0 Å². The standard InChI is InChI=1S/C14H11FN2O/c15-13-10-11(17-9-8-16)6-7-14(13)18-12-4-2-1-3-5-12/h1-7,10,17H,9H2. The Hall–Kier alpha value is -2.54. The van der Waals surface area contributed by atoms with Gasteiger partial charge in [-0.1, -0.05) is 18.2 Å². The number of nitriles is 1. The van der Waals surface area contributed by atoms with Crippen LogP contribution in [0.25, 0.3) is 0 Å². The van der Waals surface area contributed by atoms with Crippen molar-refractivity contribution in [2.24, 2.45) is 0 Å². The molecule has 0 aliphatic rings. The zero-order valence-corrected chi connectivity index (χ0v) is 9.56. The first kappa shape index (κ1) is 11.9. The zero-order chi connectivity index (χ0) is 12.8. The summed E-state index contributed by atoms with van der Waals surface area (Å²) >= 11 is 0. The second kappa shape index (κ2) is 5.69. The number of anilines is 1. The summed E-state index contributed by atoms with van der Waals surface area (Å²) in [5.74, 6) is 0.264. The fourth-order valence-corrected chi connectivity index (χ4v) is 1.45. The van der Waals surface area contributed by atoms with Crippen molar-refractivity contribution in [3.05, 3.63) is 54.3 Å². The second-order valence-electron chi connectivity index (χ2n) is 3.57. The maximum absolute atomic E-state index is 13.7. The van der Waals surface area contributed by atoms with Crippen molar-refractivity contribution >= 4 is 5.69 Å². The molecule has 1 N–H and O–H groups in total. The molecule has 0 bridgehead atoms. The highest BCUT2D eigenvalue weighted by Crippen LogP contribution is 2.26. The Morgan fingerprint density at radius 3 is 2.61 bits per heavy atom. The van der Waals surface area contributed by atoms with E-state index in [9.17, 15) is 4.39 Å². The molecular weight excluding hydrogens is 231 g/mol. The molecule has 0 spiro atoms. The number of nitrogens with one attached hydrogen (secondary N) is 1. The van der Waals surface area contributed by atoms with E-state index < -0.39 is 5.82 Å². The lowest BCUT2D eigenvalue weighted by atomic mass is 10.3. The van der Waals surface area contributed by atoms with Crippen molar-refractivity contribution in [1.29, 1.82) is 5.26 Å². The van der Waals surface area contributed by atoms with Gasteiger partial charge in [0, 0.05) is 11.8 Å². The van der Waals surface area contributed by atoms with Crippen molar-refractivity contribution in [3.63, 3.8) is 0 Å². The van der Waals surface area contributed by atoms with Crippen LogP contribution in [0.4, 0.5) is 10.1 Å². The van der Waals surface area contributed by atoms with E-state index in [1.165, 1.54) is 12.1 Å². The first-order chi connectivity index (χ1) is 8.79. The quantitative estimate of drug-likeness (QED) is 0.834. The lowest BCUT2D eigenvalue weighted by molar-refractivity contribution is 0.442. The predicted molar refractivity (Wildman–Crippen MR) is 67.0 cm³/mol. The largest absolute Gasteiger partial charge is 0.454 e. The number of halogens is 1. The molecule has 90 valence electrons. The summed E-state index contributed by atoms with van der Waals surface area (Å²) in [6.07, 6.45) is 0. The highest BCUT2D eigenvalue weighted by atomic mass is 19.1. The number of hydrogen-bond acceptors (Lipinski definition) is 3. The van der Waals surface area contributed by atoms with Gasteiger partial charge in [0.05, 0.1) is 6.07 Å². The van der Waals surface area contributed by atoms with Crippen LogP contribution in [0.1, 0.15) is 0 Å². The molecule has 0 saturated heterocycles. The Morgan fingerprint density at radius 2 is 1.94 bits per heavy atom. The van der Waals surface area contributed by atoms with Gasteiger partial charge in [0.25, 0.3) is 0 Å². The summed E-state index contributed by atoms with van der Waals surface area (Å²) in [7, 11) is 0. The van der Waals surface area contributed by atoms with Crippen LogP contribution in [0, 0.1) is 17.1 Å². The smallest absolute Gasteiger partial charge is 0.167 e. The molecule has 2 rings (SSSR count). The molecule has 18 heavy (non-hydrogen) atoms. The summed E-state index contributed by atoms with van der Waals surface area (Å²) in [6, 6.07) is 15.4. The van der Waals surface area contributed by atoms with E-state index in [4.69, 9.17) is 10.00 Å². The molecule has 0 atom stereocenters. The van der Waals surface area contributed by atoms with Gasteiger partial charge in [0.2, 0.25) is 0 Å². The van der Waals surface area contributed by atoms with Gasteiger partial charge in [0.15, 0.2) is 11.6 Å². The van der Waals surface area contributed by atoms with Crippen LogP contribution in [-0.4, -0.2) is 6.54 Å².